The monoisotopic (exact) mass is 457 g/mol. The fraction of sp³-hybridized carbons (Fsp3) is 0.333. The Morgan fingerprint density at radius 2 is 1.85 bits per heavy atom. The highest BCUT2D eigenvalue weighted by Gasteiger charge is 2.44. The number of primary amides is 1. The van der Waals surface area contributed by atoms with Gasteiger partial charge in [-0.15, -0.1) is 0 Å². The van der Waals surface area contributed by atoms with Gasteiger partial charge in [0.15, 0.2) is 0 Å². The Kier molecular flexibility index (Phi) is 6.36. The molecule has 1 saturated carbocycles. The Morgan fingerprint density at radius 1 is 1.06 bits per heavy atom. The number of nitrogens with one attached hydrogen (secondary N) is 2. The molecule has 34 heavy (non-hydrogen) atoms. The van der Waals surface area contributed by atoms with Gasteiger partial charge in [0.05, 0.1) is 16.8 Å². The van der Waals surface area contributed by atoms with E-state index >= 15 is 0 Å². The second-order valence-electron chi connectivity index (χ2n) is 9.10. The molecule has 1 saturated heterocycles. The number of hydrogen-bond donors (Lipinski definition) is 3. The maximum atomic E-state index is 12.1. The number of hydrogen-bond acceptors (Lipinski definition) is 6. The number of carbonyl (C=O) groups is 1. The maximum absolute atomic E-state index is 12.1. The van der Waals surface area contributed by atoms with E-state index in [0.29, 0.717) is 23.7 Å². The van der Waals surface area contributed by atoms with E-state index in [4.69, 9.17) is 10.5 Å². The molecule has 1 aliphatic carbocycles. The zero-order valence-corrected chi connectivity index (χ0v) is 19.3. The molecule has 0 atom stereocenters. The summed E-state index contributed by atoms with van der Waals surface area (Å²) in [5.74, 6) is 0.946. The lowest BCUT2D eigenvalue weighted by Gasteiger charge is -2.21. The van der Waals surface area contributed by atoms with E-state index in [9.17, 15) is 4.79 Å². The highest BCUT2D eigenvalue weighted by atomic mass is 16.5. The lowest BCUT2D eigenvalue weighted by molar-refractivity contribution is 0.100. The van der Waals surface area contributed by atoms with Crippen LogP contribution < -0.4 is 21.1 Å². The van der Waals surface area contributed by atoms with E-state index in [1.165, 1.54) is 37.7 Å². The third-order valence-corrected chi connectivity index (χ3v) is 6.60. The number of ether oxygens (including phenoxy) is 1. The van der Waals surface area contributed by atoms with Crippen molar-refractivity contribution >= 4 is 23.1 Å². The van der Waals surface area contributed by atoms with Crippen LogP contribution in [0.25, 0.3) is 0 Å². The average Bonchev–Trinajstić information content (AvgIpc) is 3.44. The zero-order valence-electron chi connectivity index (χ0n) is 19.3. The van der Waals surface area contributed by atoms with Crippen LogP contribution in [-0.4, -0.2) is 42.0 Å². The van der Waals surface area contributed by atoms with E-state index in [1.54, 1.807) is 0 Å². The van der Waals surface area contributed by atoms with Gasteiger partial charge in [0.2, 0.25) is 0 Å². The number of likely N-dealkylation sites (tertiary alicyclic amines) is 1. The molecule has 1 aliphatic heterocycles. The second kappa shape index (κ2) is 9.73. The summed E-state index contributed by atoms with van der Waals surface area (Å²) in [4.78, 5) is 18.9. The van der Waals surface area contributed by atoms with Crippen molar-refractivity contribution in [3.63, 3.8) is 0 Å². The molecule has 176 valence electrons. The average molecular weight is 458 g/mol. The standard InChI is InChI=1S/C27H31N5O2/c28-26(33)23-19-29-25(18-24(23)31-27(11-12-27)20-7-2-1-3-8-20)30-21-9-6-10-22(17-21)34-16-15-32-13-4-5-14-32/h1-3,6-10,17-19H,4-5,11-16H2,(H2,28,33)(H2,29,30,31). The second-order valence-corrected chi connectivity index (χ2v) is 9.10. The maximum Gasteiger partial charge on any atom is 0.252 e. The van der Waals surface area contributed by atoms with Crippen LogP contribution in [0.4, 0.5) is 17.2 Å². The van der Waals surface area contributed by atoms with Crippen molar-refractivity contribution in [1.82, 2.24) is 9.88 Å². The molecule has 2 aromatic carbocycles. The topological polar surface area (TPSA) is 92.5 Å². The minimum atomic E-state index is -0.501. The van der Waals surface area contributed by atoms with E-state index in [-0.39, 0.29) is 5.54 Å². The van der Waals surface area contributed by atoms with Crippen molar-refractivity contribution in [2.45, 2.75) is 31.2 Å². The number of rotatable bonds is 10. The molecule has 3 aromatic rings. The van der Waals surface area contributed by atoms with Gasteiger partial charge < -0.3 is 21.1 Å². The number of anilines is 3. The van der Waals surface area contributed by atoms with E-state index in [1.807, 2.05) is 48.5 Å². The number of amides is 1. The van der Waals surface area contributed by atoms with Crippen molar-refractivity contribution in [2.75, 3.05) is 36.9 Å². The van der Waals surface area contributed by atoms with Gasteiger partial charge >= 0.3 is 0 Å². The number of nitrogens with two attached hydrogens (primary N) is 1. The van der Waals surface area contributed by atoms with Gasteiger partial charge in [-0.05, 0) is 56.5 Å². The van der Waals surface area contributed by atoms with Gasteiger partial charge in [0.1, 0.15) is 18.2 Å². The fourth-order valence-electron chi connectivity index (χ4n) is 4.56. The first-order valence-electron chi connectivity index (χ1n) is 12.0. The third kappa shape index (κ3) is 5.15. The van der Waals surface area contributed by atoms with Crippen LogP contribution in [0, 0.1) is 0 Å². The van der Waals surface area contributed by atoms with Gasteiger partial charge in [0, 0.05) is 30.6 Å². The smallest absolute Gasteiger partial charge is 0.252 e. The molecule has 7 heteroatoms. The molecule has 5 rings (SSSR count). The molecule has 0 unspecified atom stereocenters. The largest absolute Gasteiger partial charge is 0.492 e. The van der Waals surface area contributed by atoms with Crippen LogP contribution in [0.3, 0.4) is 0 Å². The first-order valence-corrected chi connectivity index (χ1v) is 12.0. The molecule has 2 aliphatic rings. The van der Waals surface area contributed by atoms with E-state index < -0.39 is 5.91 Å². The van der Waals surface area contributed by atoms with Crippen molar-refractivity contribution < 1.29 is 9.53 Å². The van der Waals surface area contributed by atoms with Gasteiger partial charge in [0.25, 0.3) is 5.91 Å². The predicted molar refractivity (Wildman–Crippen MR) is 135 cm³/mol. The SMILES string of the molecule is NC(=O)c1cnc(Nc2cccc(OCCN3CCCC3)c2)cc1NC1(c2ccccc2)CC1. The van der Waals surface area contributed by atoms with Gasteiger partial charge in [-0.25, -0.2) is 4.98 Å². The van der Waals surface area contributed by atoms with Gasteiger partial charge in [-0.1, -0.05) is 36.4 Å². The summed E-state index contributed by atoms with van der Waals surface area (Å²) in [6.07, 6.45) is 6.09. The molecule has 1 amide bonds. The van der Waals surface area contributed by atoms with E-state index in [0.717, 1.165) is 30.8 Å². The minimum absolute atomic E-state index is 0.173. The summed E-state index contributed by atoms with van der Waals surface area (Å²) in [6, 6.07) is 20.0. The number of nitrogens with zero attached hydrogens (tertiary/aromatic N) is 2. The van der Waals surface area contributed by atoms with Crippen LogP contribution in [0.5, 0.6) is 5.75 Å². The molecule has 0 bridgehead atoms. The molecular weight excluding hydrogens is 426 g/mol. The predicted octanol–water partition coefficient (Wildman–Crippen LogP) is 4.50. The fourth-order valence-corrected chi connectivity index (χ4v) is 4.56. The molecule has 0 spiro atoms. The van der Waals surface area contributed by atoms with Gasteiger partial charge in [-0.2, -0.15) is 0 Å². The first-order chi connectivity index (χ1) is 16.6. The van der Waals surface area contributed by atoms with Crippen LogP contribution in [0.2, 0.25) is 0 Å². The van der Waals surface area contributed by atoms with Gasteiger partial charge in [-0.3, -0.25) is 9.69 Å². The van der Waals surface area contributed by atoms with E-state index in [2.05, 4.69) is 32.7 Å². The minimum Gasteiger partial charge on any atom is -0.492 e. The lowest BCUT2D eigenvalue weighted by Crippen LogP contribution is -2.25. The number of benzene rings is 2. The van der Waals surface area contributed by atoms with Crippen molar-refractivity contribution in [2.24, 2.45) is 5.73 Å². The summed E-state index contributed by atoms with van der Waals surface area (Å²) >= 11 is 0. The molecule has 2 heterocycles. The van der Waals surface area contributed by atoms with Crippen LogP contribution in [0.1, 0.15) is 41.6 Å². The first kappa shape index (κ1) is 22.2. The Balaban J connectivity index is 1.29. The van der Waals surface area contributed by atoms with Crippen LogP contribution in [-0.2, 0) is 5.54 Å². The molecule has 4 N–H and O–H groups in total. The highest BCUT2D eigenvalue weighted by Crippen LogP contribution is 2.48. The number of carbonyl (C=O) groups excluding carboxylic acids is 1. The number of pyridine rings is 1. The molecule has 1 aromatic heterocycles. The Hall–Kier alpha value is -3.58. The third-order valence-electron chi connectivity index (χ3n) is 6.60. The Bertz CT molecular complexity index is 1140. The molecule has 7 nitrogen and oxygen atoms in total. The summed E-state index contributed by atoms with van der Waals surface area (Å²) in [6.45, 7) is 3.95. The van der Waals surface area contributed by atoms with Crippen molar-refractivity contribution in [1.29, 1.82) is 0 Å². The normalized spacial score (nSPS) is 16.7. The van der Waals surface area contributed by atoms with Crippen LogP contribution >= 0.6 is 0 Å². The lowest BCUT2D eigenvalue weighted by atomic mass is 10.0. The Labute approximate surface area is 200 Å². The summed E-state index contributed by atoms with van der Waals surface area (Å²) < 4.78 is 5.97. The summed E-state index contributed by atoms with van der Waals surface area (Å²) in [7, 11) is 0. The highest BCUT2D eigenvalue weighted by molar-refractivity contribution is 5.99. The van der Waals surface area contributed by atoms with Crippen molar-refractivity contribution in [3.8, 4) is 5.75 Å². The Morgan fingerprint density at radius 3 is 2.59 bits per heavy atom. The zero-order chi connectivity index (χ0) is 23.4. The molecule has 0 radical (unpaired) electrons. The molecular formula is C27H31N5O2. The number of aromatic nitrogens is 1. The van der Waals surface area contributed by atoms with Crippen molar-refractivity contribution in [3.05, 3.63) is 78.0 Å². The summed E-state index contributed by atoms with van der Waals surface area (Å²) in [5.41, 5.74) is 8.61. The summed E-state index contributed by atoms with van der Waals surface area (Å²) in [5, 5.41) is 6.91. The molecule has 2 fully saturated rings. The van der Waals surface area contributed by atoms with Crippen LogP contribution in [0.15, 0.2) is 66.9 Å². The quantitative estimate of drug-likeness (QED) is 0.415.